The van der Waals surface area contributed by atoms with E-state index in [0.717, 1.165) is 18.4 Å². The molecule has 1 aliphatic carbocycles. The number of halogens is 1. The number of nitrogens with two attached hydrogens (primary N) is 1. The van der Waals surface area contributed by atoms with Crippen molar-refractivity contribution in [1.29, 1.82) is 0 Å². The fourth-order valence-corrected chi connectivity index (χ4v) is 3.00. The molecule has 2 aromatic rings. The Morgan fingerprint density at radius 1 is 1.00 bits per heavy atom. The van der Waals surface area contributed by atoms with E-state index in [-0.39, 0.29) is 11.9 Å². The van der Waals surface area contributed by atoms with Crippen LogP contribution in [-0.2, 0) is 12.8 Å². The van der Waals surface area contributed by atoms with E-state index in [2.05, 4.69) is 29.7 Å². The summed E-state index contributed by atoms with van der Waals surface area (Å²) in [7, 11) is 0. The summed E-state index contributed by atoms with van der Waals surface area (Å²) in [6, 6.07) is 15.2. The maximum absolute atomic E-state index is 13.0. The lowest BCUT2D eigenvalue weighted by Gasteiger charge is -2.23. The van der Waals surface area contributed by atoms with Gasteiger partial charge in [-0.05, 0) is 47.6 Å². The molecule has 0 saturated heterocycles. The van der Waals surface area contributed by atoms with Crippen molar-refractivity contribution in [1.82, 2.24) is 5.43 Å². The minimum absolute atomic E-state index is 0.0630. The predicted octanol–water partition coefficient (Wildman–Crippen LogP) is 2.75. The van der Waals surface area contributed by atoms with Gasteiger partial charge in [-0.1, -0.05) is 36.4 Å². The summed E-state index contributed by atoms with van der Waals surface area (Å²) in [6.07, 6.45) is 2.03. The lowest BCUT2D eigenvalue weighted by Crippen LogP contribution is -2.34. The molecular formula is C16H17FN2. The quantitative estimate of drug-likeness (QED) is 0.654. The number of hydrazine groups is 1. The Labute approximate surface area is 112 Å². The van der Waals surface area contributed by atoms with Crippen molar-refractivity contribution in [2.24, 2.45) is 11.8 Å². The summed E-state index contributed by atoms with van der Waals surface area (Å²) < 4.78 is 13.0. The van der Waals surface area contributed by atoms with Gasteiger partial charge in [-0.15, -0.1) is 0 Å². The second-order valence-electron chi connectivity index (χ2n) is 5.13. The number of nitrogens with one attached hydrogen (secondary N) is 1. The van der Waals surface area contributed by atoms with Gasteiger partial charge in [0.15, 0.2) is 0 Å². The standard InChI is InChI=1S/C16H17FN2/c17-15-7-5-11(6-8-15)16(19-18)14-9-12-3-1-2-4-13(12)10-14/h1-8,14,16,19H,9-10,18H2. The van der Waals surface area contributed by atoms with Crippen molar-refractivity contribution >= 4 is 0 Å². The Morgan fingerprint density at radius 3 is 2.11 bits per heavy atom. The number of rotatable bonds is 3. The van der Waals surface area contributed by atoms with E-state index in [1.165, 1.54) is 23.3 Å². The molecule has 0 aliphatic heterocycles. The van der Waals surface area contributed by atoms with Crippen LogP contribution in [0.25, 0.3) is 0 Å². The molecule has 0 spiro atoms. The van der Waals surface area contributed by atoms with Gasteiger partial charge in [-0.2, -0.15) is 0 Å². The highest BCUT2D eigenvalue weighted by Crippen LogP contribution is 2.34. The minimum Gasteiger partial charge on any atom is -0.271 e. The Kier molecular flexibility index (Phi) is 3.32. The number of fused-ring (bicyclic) bond motifs is 1. The van der Waals surface area contributed by atoms with E-state index in [1.807, 2.05) is 12.1 Å². The minimum atomic E-state index is -0.214. The van der Waals surface area contributed by atoms with Crippen molar-refractivity contribution < 1.29 is 4.39 Å². The molecule has 1 unspecified atom stereocenters. The van der Waals surface area contributed by atoms with E-state index in [4.69, 9.17) is 5.84 Å². The van der Waals surface area contributed by atoms with Gasteiger partial charge >= 0.3 is 0 Å². The maximum Gasteiger partial charge on any atom is 0.123 e. The Bertz CT molecular complexity index is 540. The van der Waals surface area contributed by atoms with Crippen LogP contribution in [0.1, 0.15) is 22.7 Å². The predicted molar refractivity (Wildman–Crippen MR) is 73.8 cm³/mol. The third-order valence-corrected chi connectivity index (χ3v) is 3.96. The van der Waals surface area contributed by atoms with Crippen LogP contribution in [0.15, 0.2) is 48.5 Å². The molecule has 0 heterocycles. The number of benzene rings is 2. The molecule has 0 radical (unpaired) electrons. The SMILES string of the molecule is NNC(c1ccc(F)cc1)C1Cc2ccccc2C1. The second-order valence-corrected chi connectivity index (χ2v) is 5.13. The average molecular weight is 256 g/mol. The fourth-order valence-electron chi connectivity index (χ4n) is 3.00. The normalized spacial score (nSPS) is 16.3. The Balaban J connectivity index is 1.83. The van der Waals surface area contributed by atoms with Crippen LogP contribution in [0.5, 0.6) is 0 Å². The molecule has 3 rings (SSSR count). The molecular weight excluding hydrogens is 239 g/mol. The molecule has 2 nitrogen and oxygen atoms in total. The monoisotopic (exact) mass is 256 g/mol. The van der Waals surface area contributed by atoms with Crippen LogP contribution in [-0.4, -0.2) is 0 Å². The third kappa shape index (κ3) is 2.39. The Morgan fingerprint density at radius 2 is 1.58 bits per heavy atom. The first kappa shape index (κ1) is 12.3. The maximum atomic E-state index is 13.0. The van der Waals surface area contributed by atoms with Crippen LogP contribution >= 0.6 is 0 Å². The second kappa shape index (κ2) is 5.11. The van der Waals surface area contributed by atoms with Crippen LogP contribution < -0.4 is 11.3 Å². The lowest BCUT2D eigenvalue weighted by atomic mass is 9.91. The summed E-state index contributed by atoms with van der Waals surface area (Å²) in [6.45, 7) is 0. The van der Waals surface area contributed by atoms with Gasteiger partial charge in [0.25, 0.3) is 0 Å². The molecule has 0 aromatic heterocycles. The zero-order chi connectivity index (χ0) is 13.2. The smallest absolute Gasteiger partial charge is 0.123 e. The highest BCUT2D eigenvalue weighted by molar-refractivity contribution is 5.34. The first-order valence-electron chi connectivity index (χ1n) is 6.56. The summed E-state index contributed by atoms with van der Waals surface area (Å²) in [4.78, 5) is 0. The zero-order valence-corrected chi connectivity index (χ0v) is 10.6. The van der Waals surface area contributed by atoms with Crippen molar-refractivity contribution in [3.63, 3.8) is 0 Å². The highest BCUT2D eigenvalue weighted by Gasteiger charge is 2.28. The molecule has 0 saturated carbocycles. The molecule has 3 N–H and O–H groups in total. The van der Waals surface area contributed by atoms with Gasteiger partial charge in [0.05, 0.1) is 0 Å². The molecule has 98 valence electrons. The van der Waals surface area contributed by atoms with E-state index < -0.39 is 0 Å². The number of hydrogen-bond donors (Lipinski definition) is 2. The molecule has 1 aliphatic rings. The van der Waals surface area contributed by atoms with Gasteiger partial charge in [-0.25, -0.2) is 4.39 Å². The van der Waals surface area contributed by atoms with Crippen LogP contribution in [0.3, 0.4) is 0 Å². The Hall–Kier alpha value is -1.71. The summed E-state index contributed by atoms with van der Waals surface area (Å²) >= 11 is 0. The van der Waals surface area contributed by atoms with Gasteiger partial charge in [0.1, 0.15) is 5.82 Å². The van der Waals surface area contributed by atoms with E-state index in [9.17, 15) is 4.39 Å². The highest BCUT2D eigenvalue weighted by atomic mass is 19.1. The van der Waals surface area contributed by atoms with Crippen LogP contribution in [0.2, 0.25) is 0 Å². The van der Waals surface area contributed by atoms with Crippen LogP contribution in [0, 0.1) is 11.7 Å². The first-order chi connectivity index (χ1) is 9.28. The fraction of sp³-hybridized carbons (Fsp3) is 0.250. The van der Waals surface area contributed by atoms with E-state index >= 15 is 0 Å². The van der Waals surface area contributed by atoms with Gasteiger partial charge < -0.3 is 0 Å². The van der Waals surface area contributed by atoms with Gasteiger partial charge in [0.2, 0.25) is 0 Å². The van der Waals surface area contributed by atoms with Crippen molar-refractivity contribution in [3.8, 4) is 0 Å². The topological polar surface area (TPSA) is 38.0 Å². The molecule has 1 atom stereocenters. The van der Waals surface area contributed by atoms with Crippen molar-refractivity contribution in [2.45, 2.75) is 18.9 Å². The van der Waals surface area contributed by atoms with Gasteiger partial charge in [-0.3, -0.25) is 11.3 Å². The third-order valence-electron chi connectivity index (χ3n) is 3.96. The summed E-state index contributed by atoms with van der Waals surface area (Å²) in [5.41, 5.74) is 6.73. The molecule has 19 heavy (non-hydrogen) atoms. The largest absolute Gasteiger partial charge is 0.271 e. The first-order valence-corrected chi connectivity index (χ1v) is 6.56. The zero-order valence-electron chi connectivity index (χ0n) is 10.6. The molecule has 0 fully saturated rings. The molecule has 3 heteroatoms. The van der Waals surface area contributed by atoms with Crippen molar-refractivity contribution in [2.75, 3.05) is 0 Å². The molecule has 0 bridgehead atoms. The lowest BCUT2D eigenvalue weighted by molar-refractivity contribution is 0.379. The molecule has 0 amide bonds. The average Bonchev–Trinajstić information content (AvgIpc) is 2.85. The summed E-state index contributed by atoms with van der Waals surface area (Å²) in [5.74, 6) is 5.92. The molecule has 2 aromatic carbocycles. The van der Waals surface area contributed by atoms with Crippen molar-refractivity contribution in [3.05, 3.63) is 71.0 Å². The van der Waals surface area contributed by atoms with Gasteiger partial charge in [0, 0.05) is 6.04 Å². The van der Waals surface area contributed by atoms with Crippen LogP contribution in [0.4, 0.5) is 4.39 Å². The van der Waals surface area contributed by atoms with E-state index in [1.54, 1.807) is 0 Å². The van der Waals surface area contributed by atoms with E-state index in [0.29, 0.717) is 5.92 Å². The number of hydrogen-bond acceptors (Lipinski definition) is 2. The summed E-state index contributed by atoms with van der Waals surface area (Å²) in [5, 5.41) is 0.